The van der Waals surface area contributed by atoms with Crippen LogP contribution in [0.3, 0.4) is 0 Å². The van der Waals surface area contributed by atoms with Gasteiger partial charge in [-0.05, 0) is 19.4 Å². The average Bonchev–Trinajstić information content (AvgIpc) is 3.07. The van der Waals surface area contributed by atoms with E-state index in [1.165, 1.54) is 30.9 Å². The number of carboxylic acid groups (broad SMARTS) is 1. The molecule has 3 N–H and O–H groups in total. The maximum Gasteiger partial charge on any atom is 0.407 e. The molecule has 0 aliphatic carbocycles. The van der Waals surface area contributed by atoms with Crippen molar-refractivity contribution in [2.24, 2.45) is 7.05 Å². The highest BCUT2D eigenvalue weighted by molar-refractivity contribution is 7.92. The zero-order valence-corrected chi connectivity index (χ0v) is 18.4. The van der Waals surface area contributed by atoms with E-state index in [0.29, 0.717) is 5.69 Å². The molecule has 2 rings (SSSR count). The van der Waals surface area contributed by atoms with Gasteiger partial charge in [0, 0.05) is 19.8 Å². The topological polar surface area (TPSA) is 143 Å². The van der Waals surface area contributed by atoms with Gasteiger partial charge in [0.15, 0.2) is 0 Å². The Hall–Kier alpha value is -3.28. The van der Waals surface area contributed by atoms with E-state index in [4.69, 9.17) is 9.84 Å². The molecule has 0 spiro atoms. The Morgan fingerprint density at radius 1 is 1.26 bits per heavy atom. The van der Waals surface area contributed by atoms with Gasteiger partial charge in [-0.15, -0.1) is 0 Å². The molecule has 0 saturated heterocycles. The van der Waals surface area contributed by atoms with Gasteiger partial charge in [0.25, 0.3) is 0 Å². The third-order valence-electron chi connectivity index (χ3n) is 4.10. The Morgan fingerprint density at radius 2 is 1.94 bits per heavy atom. The number of alkyl carbamates (subject to hydrolysis) is 1. The molecule has 0 radical (unpaired) electrons. The van der Waals surface area contributed by atoms with Gasteiger partial charge in [0.05, 0.1) is 29.7 Å². The number of hydrogen-bond donors (Lipinski definition) is 3. The van der Waals surface area contributed by atoms with Gasteiger partial charge in [0.2, 0.25) is 10.0 Å². The number of aryl methyl sites for hydroxylation is 1. The molecule has 1 heterocycles. The van der Waals surface area contributed by atoms with Gasteiger partial charge in [-0.3, -0.25) is 8.99 Å². The third-order valence-corrected chi connectivity index (χ3v) is 6.25. The van der Waals surface area contributed by atoms with Crippen LogP contribution in [0, 0.1) is 0 Å². The Morgan fingerprint density at radius 3 is 2.52 bits per heavy atom. The average molecular weight is 454 g/mol. The molecule has 0 bridgehead atoms. The van der Waals surface area contributed by atoms with Crippen molar-refractivity contribution in [2.75, 3.05) is 23.1 Å². The van der Waals surface area contributed by atoms with Crippen LogP contribution in [0.5, 0.6) is 0 Å². The minimum Gasteiger partial charge on any atom is -0.465 e. The fourth-order valence-electron chi connectivity index (χ4n) is 2.86. The molecule has 11 nitrogen and oxygen atoms in total. The SMILES string of the molecule is Cn1cc(N(CCNC(=O)OCc2ccccc2)S(=O)(=O)CC(C)(C)NC(=O)O)cn1. The van der Waals surface area contributed by atoms with Crippen LogP contribution >= 0.6 is 0 Å². The van der Waals surface area contributed by atoms with E-state index in [1.807, 2.05) is 30.3 Å². The Labute approximate surface area is 181 Å². The van der Waals surface area contributed by atoms with E-state index >= 15 is 0 Å². The van der Waals surface area contributed by atoms with Crippen molar-refractivity contribution in [1.29, 1.82) is 0 Å². The molecule has 0 atom stereocenters. The van der Waals surface area contributed by atoms with Crippen LogP contribution in [-0.4, -0.2) is 59.9 Å². The lowest BCUT2D eigenvalue weighted by atomic mass is 10.1. The minimum absolute atomic E-state index is 0.0193. The van der Waals surface area contributed by atoms with Crippen molar-refractivity contribution < 1.29 is 27.9 Å². The highest BCUT2D eigenvalue weighted by Gasteiger charge is 2.33. The molecule has 12 heteroatoms. The number of ether oxygens (including phenoxy) is 1. The summed E-state index contributed by atoms with van der Waals surface area (Å²) in [5, 5.41) is 17.7. The first-order valence-corrected chi connectivity index (χ1v) is 11.0. The number of carbonyl (C=O) groups excluding carboxylic acids is 1. The van der Waals surface area contributed by atoms with Crippen LogP contribution in [0.4, 0.5) is 15.3 Å². The first-order valence-electron chi connectivity index (χ1n) is 9.43. The van der Waals surface area contributed by atoms with E-state index < -0.39 is 33.5 Å². The lowest BCUT2D eigenvalue weighted by Crippen LogP contribution is -2.51. The molecule has 2 aromatic rings. The van der Waals surface area contributed by atoms with Gasteiger partial charge < -0.3 is 20.5 Å². The second-order valence-electron chi connectivity index (χ2n) is 7.50. The summed E-state index contributed by atoms with van der Waals surface area (Å²) < 4.78 is 33.7. The summed E-state index contributed by atoms with van der Waals surface area (Å²) in [4.78, 5) is 22.9. The molecule has 170 valence electrons. The van der Waals surface area contributed by atoms with Gasteiger partial charge in [-0.25, -0.2) is 18.0 Å². The maximum absolute atomic E-state index is 13.0. The van der Waals surface area contributed by atoms with E-state index in [1.54, 1.807) is 7.05 Å². The number of anilines is 1. The van der Waals surface area contributed by atoms with Gasteiger partial charge in [0.1, 0.15) is 6.61 Å². The molecule has 1 aromatic heterocycles. The molecule has 0 aliphatic heterocycles. The number of nitrogens with zero attached hydrogens (tertiary/aromatic N) is 3. The predicted molar refractivity (Wildman–Crippen MR) is 114 cm³/mol. The fraction of sp³-hybridized carbons (Fsp3) is 0.421. The normalized spacial score (nSPS) is 11.6. The van der Waals surface area contributed by atoms with E-state index in [2.05, 4.69) is 15.7 Å². The Bertz CT molecular complexity index is 990. The molecule has 2 amide bonds. The van der Waals surface area contributed by atoms with Crippen LogP contribution in [0.25, 0.3) is 0 Å². The van der Waals surface area contributed by atoms with Gasteiger partial charge >= 0.3 is 12.2 Å². The molecule has 0 aliphatic rings. The molecular formula is C19H27N5O6S. The molecule has 0 unspecified atom stereocenters. The number of amides is 2. The smallest absolute Gasteiger partial charge is 0.407 e. The van der Waals surface area contributed by atoms with Crippen molar-refractivity contribution in [1.82, 2.24) is 20.4 Å². The number of rotatable bonds is 10. The summed E-state index contributed by atoms with van der Waals surface area (Å²) in [5.74, 6) is -0.486. The Kier molecular flexibility index (Phi) is 7.86. The zero-order valence-electron chi connectivity index (χ0n) is 17.6. The largest absolute Gasteiger partial charge is 0.465 e. The number of nitrogens with one attached hydrogen (secondary N) is 2. The lowest BCUT2D eigenvalue weighted by molar-refractivity contribution is 0.140. The second kappa shape index (κ2) is 10.2. The van der Waals surface area contributed by atoms with Crippen LogP contribution in [0.15, 0.2) is 42.7 Å². The molecule has 1 aromatic carbocycles. The van der Waals surface area contributed by atoms with Crippen molar-refractivity contribution >= 4 is 27.9 Å². The van der Waals surface area contributed by atoms with Gasteiger partial charge in [-0.1, -0.05) is 30.3 Å². The summed E-state index contributed by atoms with van der Waals surface area (Å²) in [7, 11) is -2.31. The van der Waals surface area contributed by atoms with Crippen LogP contribution in [0.1, 0.15) is 19.4 Å². The number of sulfonamides is 1. The summed E-state index contributed by atoms with van der Waals surface area (Å²) in [5.41, 5.74) is -0.105. The predicted octanol–water partition coefficient (Wildman–Crippen LogP) is 1.53. The monoisotopic (exact) mass is 453 g/mol. The van der Waals surface area contributed by atoms with Crippen molar-refractivity contribution in [2.45, 2.75) is 26.0 Å². The van der Waals surface area contributed by atoms with Crippen molar-refractivity contribution in [3.63, 3.8) is 0 Å². The van der Waals surface area contributed by atoms with Crippen molar-refractivity contribution in [3.05, 3.63) is 48.3 Å². The summed E-state index contributed by atoms with van der Waals surface area (Å²) in [6.07, 6.45) is 0.891. The molecule has 0 saturated carbocycles. The zero-order chi connectivity index (χ0) is 23.1. The summed E-state index contributed by atoms with van der Waals surface area (Å²) >= 11 is 0. The quantitative estimate of drug-likeness (QED) is 0.495. The van der Waals surface area contributed by atoms with E-state index in [-0.39, 0.29) is 19.7 Å². The van der Waals surface area contributed by atoms with E-state index in [0.717, 1.165) is 9.87 Å². The number of carbonyl (C=O) groups is 2. The number of benzene rings is 1. The minimum atomic E-state index is -3.96. The Balaban J connectivity index is 2.02. The highest BCUT2D eigenvalue weighted by atomic mass is 32.2. The highest BCUT2D eigenvalue weighted by Crippen LogP contribution is 2.20. The molecule has 0 fully saturated rings. The molecular weight excluding hydrogens is 426 g/mol. The van der Waals surface area contributed by atoms with Crippen LogP contribution in [-0.2, 0) is 28.4 Å². The van der Waals surface area contributed by atoms with Crippen molar-refractivity contribution in [3.8, 4) is 0 Å². The lowest BCUT2D eigenvalue weighted by Gasteiger charge is -2.29. The third kappa shape index (κ3) is 7.81. The number of aromatic nitrogens is 2. The first kappa shape index (κ1) is 24.0. The summed E-state index contributed by atoms with van der Waals surface area (Å²) in [6, 6.07) is 9.14. The van der Waals surface area contributed by atoms with Crippen LogP contribution < -0.4 is 14.9 Å². The fourth-order valence-corrected chi connectivity index (χ4v) is 4.78. The maximum atomic E-state index is 13.0. The van der Waals surface area contributed by atoms with E-state index in [9.17, 15) is 18.0 Å². The standard InChI is InChI=1S/C19H27N5O6S/c1-19(2,22-17(25)26)14-31(28,29)24(16-11-21-23(3)12-16)10-9-20-18(27)30-13-15-7-5-4-6-8-15/h4-8,11-12,22H,9-10,13-14H2,1-3H3,(H,20,27)(H,25,26). The molecule has 31 heavy (non-hydrogen) atoms. The van der Waals surface area contributed by atoms with Gasteiger partial charge in [-0.2, -0.15) is 5.10 Å². The summed E-state index contributed by atoms with van der Waals surface area (Å²) in [6.45, 7) is 2.93. The first-order chi connectivity index (χ1) is 14.5. The van der Waals surface area contributed by atoms with Crippen LogP contribution in [0.2, 0.25) is 0 Å². The second-order valence-corrected chi connectivity index (χ2v) is 9.40. The number of hydrogen-bond acceptors (Lipinski definition) is 6.